The highest BCUT2D eigenvalue weighted by molar-refractivity contribution is 5.96. The van der Waals surface area contributed by atoms with Crippen molar-refractivity contribution >= 4 is 11.6 Å². The Kier molecular flexibility index (Phi) is 6.07. The average molecular weight is 338 g/mol. The van der Waals surface area contributed by atoms with E-state index in [4.69, 9.17) is 4.74 Å². The third-order valence-corrected chi connectivity index (χ3v) is 4.57. The molecule has 0 saturated carbocycles. The first-order valence-corrected chi connectivity index (χ1v) is 9.09. The summed E-state index contributed by atoms with van der Waals surface area (Å²) in [6.07, 6.45) is 2.42. The van der Waals surface area contributed by atoms with Gasteiger partial charge in [0.2, 0.25) is 0 Å². The summed E-state index contributed by atoms with van der Waals surface area (Å²) in [7, 11) is 0. The topological polar surface area (TPSA) is 41.6 Å². The van der Waals surface area contributed by atoms with Gasteiger partial charge in [-0.3, -0.25) is 4.79 Å². The van der Waals surface area contributed by atoms with Crippen molar-refractivity contribution in [3.8, 4) is 5.75 Å². The maximum Gasteiger partial charge on any atom is 0.268 e. The van der Waals surface area contributed by atoms with E-state index in [1.165, 1.54) is 6.42 Å². The molecule has 0 spiro atoms. The van der Waals surface area contributed by atoms with Crippen LogP contribution in [0.15, 0.2) is 60.7 Å². The molecule has 1 fully saturated rings. The van der Waals surface area contributed by atoms with Crippen molar-refractivity contribution in [2.75, 3.05) is 18.0 Å². The highest BCUT2D eigenvalue weighted by Crippen LogP contribution is 2.21. The molecule has 1 unspecified atom stereocenters. The third kappa shape index (κ3) is 4.60. The summed E-state index contributed by atoms with van der Waals surface area (Å²) in [6.45, 7) is 3.69. The molecule has 1 aliphatic rings. The van der Waals surface area contributed by atoms with Gasteiger partial charge in [0.15, 0.2) is 6.10 Å². The fourth-order valence-corrected chi connectivity index (χ4v) is 3.21. The number of benzene rings is 2. The summed E-state index contributed by atoms with van der Waals surface area (Å²) in [4.78, 5) is 15.1. The van der Waals surface area contributed by atoms with E-state index in [0.29, 0.717) is 19.0 Å². The molecule has 0 aromatic heterocycles. The Bertz CT molecular complexity index is 654. The predicted octanol–water partition coefficient (Wildman–Crippen LogP) is 3.63. The van der Waals surface area contributed by atoms with Crippen LogP contribution in [-0.4, -0.2) is 31.1 Å². The number of anilines is 1. The molecule has 1 amide bonds. The largest absolute Gasteiger partial charge is 0.481 e. The van der Waals surface area contributed by atoms with E-state index in [1.807, 2.05) is 72.5 Å². The van der Waals surface area contributed by atoms with Gasteiger partial charge < -0.3 is 15.0 Å². The Morgan fingerprint density at radius 3 is 2.44 bits per heavy atom. The lowest BCUT2D eigenvalue weighted by atomic mass is 10.1. The number of para-hydroxylation sites is 2. The summed E-state index contributed by atoms with van der Waals surface area (Å²) in [5.74, 6) is 0.751. The normalized spacial score (nSPS) is 17.9. The van der Waals surface area contributed by atoms with Gasteiger partial charge in [0.1, 0.15) is 5.75 Å². The summed E-state index contributed by atoms with van der Waals surface area (Å²) in [6, 6.07) is 19.8. The van der Waals surface area contributed by atoms with Crippen molar-refractivity contribution in [2.24, 2.45) is 0 Å². The molecule has 3 rings (SSSR count). The zero-order valence-electron chi connectivity index (χ0n) is 14.7. The molecule has 2 aromatic carbocycles. The van der Waals surface area contributed by atoms with Gasteiger partial charge in [-0.15, -0.1) is 0 Å². The van der Waals surface area contributed by atoms with Crippen LogP contribution in [0.25, 0.3) is 0 Å². The molecular formula is C21H26N2O2. The van der Waals surface area contributed by atoms with Crippen LogP contribution < -0.4 is 15.0 Å². The van der Waals surface area contributed by atoms with E-state index in [-0.39, 0.29) is 5.91 Å². The molecule has 0 bridgehead atoms. The minimum atomic E-state index is -0.482. The van der Waals surface area contributed by atoms with E-state index in [0.717, 1.165) is 24.4 Å². The number of hydrogen-bond donors (Lipinski definition) is 1. The number of amides is 1. The second-order valence-electron chi connectivity index (χ2n) is 6.41. The molecular weight excluding hydrogens is 312 g/mol. The van der Waals surface area contributed by atoms with Gasteiger partial charge in [-0.25, -0.2) is 0 Å². The number of rotatable bonds is 7. The zero-order valence-corrected chi connectivity index (χ0v) is 14.7. The smallest absolute Gasteiger partial charge is 0.268 e. The minimum absolute atomic E-state index is 0.0197. The van der Waals surface area contributed by atoms with Crippen LogP contribution in [0.3, 0.4) is 0 Å². The van der Waals surface area contributed by atoms with Crippen LogP contribution in [-0.2, 0) is 4.79 Å². The van der Waals surface area contributed by atoms with Crippen LogP contribution in [0.5, 0.6) is 5.75 Å². The van der Waals surface area contributed by atoms with E-state index in [9.17, 15) is 4.79 Å². The molecule has 1 saturated heterocycles. The maximum atomic E-state index is 13.2. The lowest BCUT2D eigenvalue weighted by Gasteiger charge is -2.29. The molecule has 2 atom stereocenters. The van der Waals surface area contributed by atoms with E-state index in [2.05, 4.69) is 5.32 Å². The number of carbonyl (C=O) groups is 1. The van der Waals surface area contributed by atoms with Crippen molar-refractivity contribution in [1.29, 1.82) is 0 Å². The molecule has 0 aliphatic carbocycles. The minimum Gasteiger partial charge on any atom is -0.481 e. The van der Waals surface area contributed by atoms with Crippen molar-refractivity contribution in [3.05, 3.63) is 60.7 Å². The van der Waals surface area contributed by atoms with Gasteiger partial charge >= 0.3 is 0 Å². The standard InChI is InChI=1S/C21H26N2O2/c1-2-20(25-19-13-7-4-8-14-19)21(24)23(16-17-10-9-15-22-17)18-11-5-3-6-12-18/h3-8,11-14,17,20,22H,2,9-10,15-16H2,1H3/t17-,20?/m1/s1. The molecule has 1 aliphatic heterocycles. The van der Waals surface area contributed by atoms with Crippen molar-refractivity contribution < 1.29 is 9.53 Å². The van der Waals surface area contributed by atoms with E-state index < -0.39 is 6.10 Å². The third-order valence-electron chi connectivity index (χ3n) is 4.57. The Hall–Kier alpha value is -2.33. The summed E-state index contributed by atoms with van der Waals surface area (Å²) < 4.78 is 5.98. The summed E-state index contributed by atoms with van der Waals surface area (Å²) in [5, 5.41) is 3.48. The van der Waals surface area contributed by atoms with Gasteiger partial charge in [0.05, 0.1) is 0 Å². The van der Waals surface area contributed by atoms with Crippen LogP contribution in [0.2, 0.25) is 0 Å². The zero-order chi connectivity index (χ0) is 17.5. The average Bonchev–Trinajstić information content (AvgIpc) is 3.18. The Labute approximate surface area is 149 Å². The van der Waals surface area contributed by atoms with Crippen LogP contribution in [0.4, 0.5) is 5.69 Å². The molecule has 1 heterocycles. The summed E-state index contributed by atoms with van der Waals surface area (Å²) >= 11 is 0. The first-order chi connectivity index (χ1) is 12.3. The molecule has 4 nitrogen and oxygen atoms in total. The number of nitrogens with zero attached hydrogens (tertiary/aromatic N) is 1. The van der Waals surface area contributed by atoms with Gasteiger partial charge in [-0.2, -0.15) is 0 Å². The molecule has 132 valence electrons. The van der Waals surface area contributed by atoms with Crippen LogP contribution in [0.1, 0.15) is 26.2 Å². The van der Waals surface area contributed by atoms with Gasteiger partial charge in [-0.1, -0.05) is 43.3 Å². The Balaban J connectivity index is 1.78. The van der Waals surface area contributed by atoms with Gasteiger partial charge in [-0.05, 0) is 50.1 Å². The van der Waals surface area contributed by atoms with E-state index >= 15 is 0 Å². The Morgan fingerprint density at radius 1 is 1.16 bits per heavy atom. The summed E-state index contributed by atoms with van der Waals surface area (Å²) in [5.41, 5.74) is 0.927. The van der Waals surface area contributed by atoms with Gasteiger partial charge in [0, 0.05) is 18.3 Å². The Morgan fingerprint density at radius 2 is 1.84 bits per heavy atom. The number of ether oxygens (including phenoxy) is 1. The maximum absolute atomic E-state index is 13.2. The molecule has 2 aromatic rings. The monoisotopic (exact) mass is 338 g/mol. The van der Waals surface area contributed by atoms with Crippen LogP contribution in [0, 0.1) is 0 Å². The van der Waals surface area contributed by atoms with E-state index in [1.54, 1.807) is 0 Å². The second-order valence-corrected chi connectivity index (χ2v) is 6.41. The highest BCUT2D eigenvalue weighted by Gasteiger charge is 2.28. The molecule has 25 heavy (non-hydrogen) atoms. The van der Waals surface area contributed by atoms with Crippen molar-refractivity contribution in [1.82, 2.24) is 5.32 Å². The SMILES string of the molecule is CCC(Oc1ccccc1)C(=O)N(C[C@H]1CCCN1)c1ccccc1. The number of nitrogens with one attached hydrogen (secondary N) is 1. The van der Waals surface area contributed by atoms with Crippen molar-refractivity contribution in [2.45, 2.75) is 38.3 Å². The molecule has 1 N–H and O–H groups in total. The molecule has 0 radical (unpaired) electrons. The van der Waals surface area contributed by atoms with Gasteiger partial charge in [0.25, 0.3) is 5.91 Å². The quantitative estimate of drug-likeness (QED) is 0.838. The fourth-order valence-electron chi connectivity index (χ4n) is 3.21. The van der Waals surface area contributed by atoms with Crippen LogP contribution >= 0.6 is 0 Å². The first kappa shape index (κ1) is 17.5. The lowest BCUT2D eigenvalue weighted by molar-refractivity contribution is -0.125. The first-order valence-electron chi connectivity index (χ1n) is 9.09. The van der Waals surface area contributed by atoms with Crippen molar-refractivity contribution in [3.63, 3.8) is 0 Å². The molecule has 4 heteroatoms. The lowest BCUT2D eigenvalue weighted by Crippen LogP contribution is -2.47. The predicted molar refractivity (Wildman–Crippen MR) is 101 cm³/mol. The fraction of sp³-hybridized carbons (Fsp3) is 0.381. The second kappa shape index (κ2) is 8.67. The highest BCUT2D eigenvalue weighted by atomic mass is 16.5. The number of carbonyl (C=O) groups excluding carboxylic acids is 1. The number of hydrogen-bond acceptors (Lipinski definition) is 3.